The molecule has 19 heavy (non-hydrogen) atoms. The summed E-state index contributed by atoms with van der Waals surface area (Å²) in [5.41, 5.74) is 2.64. The van der Waals surface area contributed by atoms with Gasteiger partial charge in [-0.25, -0.2) is 0 Å². The van der Waals surface area contributed by atoms with E-state index in [9.17, 15) is 0 Å². The summed E-state index contributed by atoms with van der Waals surface area (Å²) in [5.74, 6) is 0. The number of rotatable bonds is 9. The Morgan fingerprint density at radius 1 is 1.26 bits per heavy atom. The Morgan fingerprint density at radius 3 is 2.79 bits per heavy atom. The summed E-state index contributed by atoms with van der Waals surface area (Å²) in [4.78, 5) is 2.19. The van der Waals surface area contributed by atoms with E-state index in [4.69, 9.17) is 4.74 Å². The molecule has 0 radical (unpaired) electrons. The summed E-state index contributed by atoms with van der Waals surface area (Å²) in [5, 5.41) is 3.54. The van der Waals surface area contributed by atoms with Crippen molar-refractivity contribution in [1.82, 2.24) is 10.2 Å². The van der Waals surface area contributed by atoms with E-state index in [0.29, 0.717) is 0 Å². The third kappa shape index (κ3) is 6.19. The Hall–Kier alpha value is -0.900. The monoisotopic (exact) mass is 262 g/mol. The molecule has 0 atom stereocenters. The first kappa shape index (κ1) is 14.5. The predicted molar refractivity (Wildman–Crippen MR) is 79.1 cm³/mol. The van der Waals surface area contributed by atoms with Crippen LogP contribution in [0.15, 0.2) is 24.3 Å². The van der Waals surface area contributed by atoms with Crippen molar-refractivity contribution >= 4 is 0 Å². The zero-order valence-corrected chi connectivity index (χ0v) is 12.2. The van der Waals surface area contributed by atoms with Crippen molar-refractivity contribution in [2.24, 2.45) is 0 Å². The Labute approximate surface area is 116 Å². The highest BCUT2D eigenvalue weighted by Gasteiger charge is 2.19. The van der Waals surface area contributed by atoms with Crippen LogP contribution in [0.5, 0.6) is 0 Å². The third-order valence-corrected chi connectivity index (χ3v) is 3.33. The molecule has 0 saturated heterocycles. The Bertz CT molecular complexity index is 375. The molecule has 3 heteroatoms. The number of hydrogen-bond donors (Lipinski definition) is 1. The van der Waals surface area contributed by atoms with Crippen LogP contribution in [-0.2, 0) is 17.9 Å². The molecule has 1 N–H and O–H groups in total. The summed E-state index contributed by atoms with van der Waals surface area (Å²) >= 11 is 0. The molecule has 0 spiro atoms. The van der Waals surface area contributed by atoms with E-state index in [1.165, 1.54) is 24.0 Å². The van der Waals surface area contributed by atoms with Gasteiger partial charge in [0.25, 0.3) is 0 Å². The molecular weight excluding hydrogens is 236 g/mol. The van der Waals surface area contributed by atoms with Crippen molar-refractivity contribution in [2.45, 2.75) is 38.5 Å². The lowest BCUT2D eigenvalue weighted by Crippen LogP contribution is -2.15. The van der Waals surface area contributed by atoms with Crippen molar-refractivity contribution in [3.05, 3.63) is 35.4 Å². The first-order valence-electron chi connectivity index (χ1n) is 7.28. The van der Waals surface area contributed by atoms with Gasteiger partial charge in [-0.2, -0.15) is 0 Å². The average molecular weight is 262 g/mol. The van der Waals surface area contributed by atoms with Crippen molar-refractivity contribution in [3.8, 4) is 0 Å². The van der Waals surface area contributed by atoms with Gasteiger partial charge in [-0.05, 0) is 51.0 Å². The van der Waals surface area contributed by atoms with E-state index in [1.54, 1.807) is 0 Å². The molecular formula is C16H26N2O. The van der Waals surface area contributed by atoms with Gasteiger partial charge in [-0.3, -0.25) is 0 Å². The van der Waals surface area contributed by atoms with Crippen LogP contribution in [0.2, 0.25) is 0 Å². The second-order valence-electron chi connectivity index (χ2n) is 5.68. The van der Waals surface area contributed by atoms with Gasteiger partial charge in [0.05, 0.1) is 6.61 Å². The first-order valence-corrected chi connectivity index (χ1v) is 7.28. The molecule has 106 valence electrons. The minimum atomic E-state index is 0.727. The fourth-order valence-corrected chi connectivity index (χ4v) is 2.05. The molecule has 1 saturated carbocycles. The summed E-state index contributed by atoms with van der Waals surface area (Å²) in [6.07, 6.45) is 3.78. The standard InChI is InChI=1S/C16H26N2O/c1-18(2)9-4-10-19-13-15-6-3-5-14(11-15)12-17-16-7-8-16/h3,5-6,11,16-17H,4,7-10,12-13H2,1-2H3. The van der Waals surface area contributed by atoms with Gasteiger partial charge >= 0.3 is 0 Å². The zero-order chi connectivity index (χ0) is 13.5. The average Bonchev–Trinajstić information content (AvgIpc) is 3.20. The second kappa shape index (κ2) is 7.63. The van der Waals surface area contributed by atoms with Crippen LogP contribution in [0.25, 0.3) is 0 Å². The fraction of sp³-hybridized carbons (Fsp3) is 0.625. The predicted octanol–water partition coefficient (Wildman–Crippen LogP) is 2.41. The van der Waals surface area contributed by atoms with Crippen molar-refractivity contribution < 1.29 is 4.74 Å². The summed E-state index contributed by atoms with van der Waals surface area (Å²) in [6, 6.07) is 9.48. The van der Waals surface area contributed by atoms with E-state index in [-0.39, 0.29) is 0 Å². The largest absolute Gasteiger partial charge is 0.377 e. The van der Waals surface area contributed by atoms with Crippen LogP contribution in [0.1, 0.15) is 30.4 Å². The minimum Gasteiger partial charge on any atom is -0.377 e. The van der Waals surface area contributed by atoms with Gasteiger partial charge in [-0.1, -0.05) is 24.3 Å². The molecule has 0 unspecified atom stereocenters. The fourth-order valence-electron chi connectivity index (χ4n) is 2.05. The maximum atomic E-state index is 5.72. The Balaban J connectivity index is 1.65. The van der Waals surface area contributed by atoms with Gasteiger partial charge in [0.1, 0.15) is 0 Å². The molecule has 1 aliphatic rings. The zero-order valence-electron chi connectivity index (χ0n) is 12.2. The van der Waals surface area contributed by atoms with Crippen LogP contribution in [0, 0.1) is 0 Å². The maximum Gasteiger partial charge on any atom is 0.0716 e. The van der Waals surface area contributed by atoms with Gasteiger partial charge < -0.3 is 15.0 Å². The van der Waals surface area contributed by atoms with Crippen molar-refractivity contribution in [1.29, 1.82) is 0 Å². The smallest absolute Gasteiger partial charge is 0.0716 e. The molecule has 1 fully saturated rings. The SMILES string of the molecule is CN(C)CCCOCc1cccc(CNC2CC2)c1. The van der Waals surface area contributed by atoms with Gasteiger partial charge in [0.15, 0.2) is 0 Å². The molecule has 1 aromatic carbocycles. The highest BCUT2D eigenvalue weighted by molar-refractivity contribution is 5.23. The summed E-state index contributed by atoms with van der Waals surface area (Å²) in [6.45, 7) is 3.64. The number of ether oxygens (including phenoxy) is 1. The first-order chi connectivity index (χ1) is 9.24. The molecule has 2 rings (SSSR count). The lowest BCUT2D eigenvalue weighted by Gasteiger charge is -2.10. The minimum absolute atomic E-state index is 0.727. The lowest BCUT2D eigenvalue weighted by atomic mass is 10.1. The van der Waals surface area contributed by atoms with E-state index in [0.717, 1.165) is 38.8 Å². The van der Waals surface area contributed by atoms with Gasteiger partial charge in [0, 0.05) is 19.2 Å². The van der Waals surface area contributed by atoms with Crippen LogP contribution < -0.4 is 5.32 Å². The normalized spacial score (nSPS) is 15.1. The van der Waals surface area contributed by atoms with Gasteiger partial charge in [0.2, 0.25) is 0 Å². The number of hydrogen-bond acceptors (Lipinski definition) is 3. The molecule has 0 aromatic heterocycles. The van der Waals surface area contributed by atoms with Crippen LogP contribution in [-0.4, -0.2) is 38.2 Å². The second-order valence-corrected chi connectivity index (χ2v) is 5.68. The maximum absolute atomic E-state index is 5.72. The molecule has 3 nitrogen and oxygen atoms in total. The molecule has 0 bridgehead atoms. The number of benzene rings is 1. The molecule has 1 aliphatic carbocycles. The van der Waals surface area contributed by atoms with E-state index in [1.807, 2.05) is 0 Å². The quantitative estimate of drug-likeness (QED) is 0.692. The number of nitrogens with zero attached hydrogens (tertiary/aromatic N) is 1. The molecule has 0 heterocycles. The van der Waals surface area contributed by atoms with Gasteiger partial charge in [-0.15, -0.1) is 0 Å². The third-order valence-electron chi connectivity index (χ3n) is 3.33. The van der Waals surface area contributed by atoms with E-state index in [2.05, 4.69) is 48.6 Å². The molecule has 1 aromatic rings. The summed E-state index contributed by atoms with van der Waals surface area (Å²) in [7, 11) is 4.19. The van der Waals surface area contributed by atoms with Crippen molar-refractivity contribution in [3.63, 3.8) is 0 Å². The van der Waals surface area contributed by atoms with E-state index < -0.39 is 0 Å². The lowest BCUT2D eigenvalue weighted by molar-refractivity contribution is 0.113. The Morgan fingerprint density at radius 2 is 2.05 bits per heavy atom. The molecule has 0 amide bonds. The Kier molecular flexibility index (Phi) is 5.83. The highest BCUT2D eigenvalue weighted by Crippen LogP contribution is 2.19. The highest BCUT2D eigenvalue weighted by atomic mass is 16.5. The number of nitrogens with one attached hydrogen (secondary N) is 1. The van der Waals surface area contributed by atoms with Crippen LogP contribution in [0.4, 0.5) is 0 Å². The summed E-state index contributed by atoms with van der Waals surface area (Å²) < 4.78 is 5.72. The van der Waals surface area contributed by atoms with E-state index >= 15 is 0 Å². The molecule has 0 aliphatic heterocycles. The van der Waals surface area contributed by atoms with Crippen molar-refractivity contribution in [2.75, 3.05) is 27.2 Å². The van der Waals surface area contributed by atoms with Crippen LogP contribution >= 0.6 is 0 Å². The van der Waals surface area contributed by atoms with Crippen LogP contribution in [0.3, 0.4) is 0 Å². The topological polar surface area (TPSA) is 24.5 Å².